The molecule has 1 saturated carbocycles. The van der Waals surface area contributed by atoms with Gasteiger partial charge in [-0.2, -0.15) is 5.10 Å². The summed E-state index contributed by atoms with van der Waals surface area (Å²) in [4.78, 5) is 12.1. The molecule has 1 N–H and O–H groups in total. The largest absolute Gasteiger partial charge is 0.486 e. The number of benzene rings is 1. The summed E-state index contributed by atoms with van der Waals surface area (Å²) in [6.45, 7) is 1.06. The highest BCUT2D eigenvalue weighted by atomic mass is 16.6. The van der Waals surface area contributed by atoms with Gasteiger partial charge in [-0.1, -0.05) is 25.0 Å². The van der Waals surface area contributed by atoms with Crippen molar-refractivity contribution in [3.8, 4) is 11.5 Å². The predicted octanol–water partition coefficient (Wildman–Crippen LogP) is 3.24. The molecule has 6 nitrogen and oxygen atoms in total. The van der Waals surface area contributed by atoms with E-state index in [0.29, 0.717) is 25.5 Å². The first-order valence-electron chi connectivity index (χ1n) is 8.97. The van der Waals surface area contributed by atoms with Crippen molar-refractivity contribution in [2.24, 2.45) is 5.92 Å². The van der Waals surface area contributed by atoms with Crippen molar-refractivity contribution in [1.82, 2.24) is 9.78 Å². The van der Waals surface area contributed by atoms with Crippen LogP contribution in [-0.2, 0) is 11.3 Å². The molecule has 1 aliphatic carbocycles. The molecule has 0 saturated heterocycles. The van der Waals surface area contributed by atoms with Crippen LogP contribution in [0.5, 0.6) is 11.5 Å². The Bertz CT molecular complexity index is 737. The quantitative estimate of drug-likeness (QED) is 0.907. The normalized spacial score (nSPS) is 19.8. The van der Waals surface area contributed by atoms with Crippen molar-refractivity contribution in [3.05, 3.63) is 36.7 Å². The lowest BCUT2D eigenvalue weighted by atomic mass is 10.0. The molecule has 1 unspecified atom stereocenters. The van der Waals surface area contributed by atoms with Crippen LogP contribution >= 0.6 is 0 Å². The number of carbonyl (C=O) groups excluding carboxylic acids is 1. The molecule has 132 valence electrons. The molecule has 1 aromatic carbocycles. The zero-order chi connectivity index (χ0) is 17.1. The third kappa shape index (κ3) is 3.95. The van der Waals surface area contributed by atoms with Gasteiger partial charge in [-0.25, -0.2) is 0 Å². The first-order valence-corrected chi connectivity index (χ1v) is 8.97. The lowest BCUT2D eigenvalue weighted by molar-refractivity contribution is -0.117. The number of para-hydroxylation sites is 2. The van der Waals surface area contributed by atoms with Crippen LogP contribution in [0.4, 0.5) is 5.69 Å². The molecule has 25 heavy (non-hydrogen) atoms. The van der Waals surface area contributed by atoms with Crippen molar-refractivity contribution < 1.29 is 14.3 Å². The standard InChI is InChI=1S/C19H23N3O3/c23-19(9-14-5-1-2-6-14)21-15-10-20-22(11-15)12-16-13-24-17-7-3-4-8-18(17)25-16/h3-4,7-8,10-11,14,16H,1-2,5-6,9,12-13H2,(H,21,23). The third-order valence-electron chi connectivity index (χ3n) is 4.82. The Labute approximate surface area is 147 Å². The summed E-state index contributed by atoms with van der Waals surface area (Å²) in [5.41, 5.74) is 0.736. The number of carbonyl (C=O) groups is 1. The van der Waals surface area contributed by atoms with Crippen LogP contribution < -0.4 is 14.8 Å². The molecule has 0 spiro atoms. The van der Waals surface area contributed by atoms with E-state index in [2.05, 4.69) is 10.4 Å². The second-order valence-electron chi connectivity index (χ2n) is 6.85. The first-order chi connectivity index (χ1) is 12.3. The number of nitrogens with one attached hydrogen (secondary N) is 1. The number of nitrogens with zero attached hydrogens (tertiary/aromatic N) is 2. The summed E-state index contributed by atoms with van der Waals surface area (Å²) < 4.78 is 13.4. The minimum atomic E-state index is -0.100. The maximum atomic E-state index is 12.1. The van der Waals surface area contributed by atoms with E-state index < -0.39 is 0 Å². The van der Waals surface area contributed by atoms with E-state index in [1.165, 1.54) is 25.7 Å². The minimum Gasteiger partial charge on any atom is -0.486 e. The van der Waals surface area contributed by atoms with E-state index in [4.69, 9.17) is 9.47 Å². The van der Waals surface area contributed by atoms with Crippen LogP contribution in [0.25, 0.3) is 0 Å². The van der Waals surface area contributed by atoms with E-state index in [-0.39, 0.29) is 12.0 Å². The highest BCUT2D eigenvalue weighted by Gasteiger charge is 2.22. The Morgan fingerprint density at radius 2 is 2.04 bits per heavy atom. The molecule has 1 atom stereocenters. The first kappa shape index (κ1) is 16.0. The van der Waals surface area contributed by atoms with Crippen LogP contribution in [-0.4, -0.2) is 28.4 Å². The van der Waals surface area contributed by atoms with Crippen molar-refractivity contribution in [1.29, 1.82) is 0 Å². The predicted molar refractivity (Wildman–Crippen MR) is 93.8 cm³/mol. The summed E-state index contributed by atoms with van der Waals surface area (Å²) in [5, 5.41) is 7.27. The van der Waals surface area contributed by atoms with Crippen LogP contribution in [0.3, 0.4) is 0 Å². The average Bonchev–Trinajstić information content (AvgIpc) is 3.27. The summed E-state index contributed by atoms with van der Waals surface area (Å²) >= 11 is 0. The lowest BCUT2D eigenvalue weighted by Gasteiger charge is -2.26. The highest BCUT2D eigenvalue weighted by Crippen LogP contribution is 2.31. The van der Waals surface area contributed by atoms with E-state index in [0.717, 1.165) is 17.2 Å². The smallest absolute Gasteiger partial charge is 0.224 e. The molecular formula is C19H23N3O3. The van der Waals surface area contributed by atoms with Gasteiger partial charge in [0.2, 0.25) is 5.91 Å². The molecule has 1 aromatic heterocycles. The molecular weight excluding hydrogens is 318 g/mol. The number of anilines is 1. The van der Waals surface area contributed by atoms with Crippen molar-refractivity contribution in [2.45, 2.75) is 44.8 Å². The van der Waals surface area contributed by atoms with Gasteiger partial charge in [-0.05, 0) is 30.9 Å². The highest BCUT2D eigenvalue weighted by molar-refractivity contribution is 5.90. The number of rotatable bonds is 5. The lowest BCUT2D eigenvalue weighted by Crippen LogP contribution is -2.33. The molecule has 1 aliphatic heterocycles. The topological polar surface area (TPSA) is 65.4 Å². The van der Waals surface area contributed by atoms with Crippen LogP contribution in [0.2, 0.25) is 0 Å². The second kappa shape index (κ2) is 7.17. The molecule has 0 bridgehead atoms. The maximum Gasteiger partial charge on any atom is 0.224 e. The van der Waals surface area contributed by atoms with Gasteiger partial charge in [-0.3, -0.25) is 9.48 Å². The van der Waals surface area contributed by atoms with Gasteiger partial charge in [0.05, 0.1) is 18.4 Å². The maximum absolute atomic E-state index is 12.1. The van der Waals surface area contributed by atoms with Crippen molar-refractivity contribution >= 4 is 11.6 Å². The molecule has 1 amide bonds. The molecule has 4 rings (SSSR count). The number of fused-ring (bicyclic) bond motifs is 1. The average molecular weight is 341 g/mol. The molecule has 6 heteroatoms. The van der Waals surface area contributed by atoms with Crippen molar-refractivity contribution in [2.75, 3.05) is 11.9 Å². The van der Waals surface area contributed by atoms with Crippen LogP contribution in [0.1, 0.15) is 32.1 Å². The number of aromatic nitrogens is 2. The van der Waals surface area contributed by atoms with Gasteiger partial charge in [0, 0.05) is 12.6 Å². The third-order valence-corrected chi connectivity index (χ3v) is 4.82. The SMILES string of the molecule is O=C(CC1CCCC1)Nc1cnn(CC2COc3ccccc3O2)c1. The summed E-state index contributed by atoms with van der Waals surface area (Å²) in [6, 6.07) is 7.66. The number of hydrogen-bond donors (Lipinski definition) is 1. The number of amides is 1. The molecule has 2 aliphatic rings. The van der Waals surface area contributed by atoms with Gasteiger partial charge >= 0.3 is 0 Å². The van der Waals surface area contributed by atoms with Gasteiger partial charge in [0.25, 0.3) is 0 Å². The molecule has 2 heterocycles. The minimum absolute atomic E-state index is 0.0811. The van der Waals surface area contributed by atoms with E-state index in [9.17, 15) is 4.79 Å². The van der Waals surface area contributed by atoms with Gasteiger partial charge in [0.15, 0.2) is 17.6 Å². The van der Waals surface area contributed by atoms with E-state index >= 15 is 0 Å². The Balaban J connectivity index is 1.30. The summed E-state index contributed by atoms with van der Waals surface area (Å²) in [6.07, 6.45) is 8.89. The van der Waals surface area contributed by atoms with E-state index in [1.807, 2.05) is 30.5 Å². The molecule has 1 fully saturated rings. The van der Waals surface area contributed by atoms with Gasteiger partial charge in [-0.15, -0.1) is 0 Å². The van der Waals surface area contributed by atoms with Crippen LogP contribution in [0.15, 0.2) is 36.7 Å². The Morgan fingerprint density at radius 3 is 2.88 bits per heavy atom. The Morgan fingerprint density at radius 1 is 1.24 bits per heavy atom. The fraction of sp³-hybridized carbons (Fsp3) is 0.474. The Hall–Kier alpha value is -2.50. The fourth-order valence-electron chi connectivity index (χ4n) is 3.58. The van der Waals surface area contributed by atoms with Gasteiger partial charge in [0.1, 0.15) is 6.61 Å². The fourth-order valence-corrected chi connectivity index (χ4v) is 3.58. The summed E-state index contributed by atoms with van der Waals surface area (Å²) in [7, 11) is 0. The number of hydrogen-bond acceptors (Lipinski definition) is 4. The zero-order valence-electron chi connectivity index (χ0n) is 14.2. The molecule has 0 radical (unpaired) electrons. The molecule has 2 aromatic rings. The monoisotopic (exact) mass is 341 g/mol. The van der Waals surface area contributed by atoms with Crippen LogP contribution in [0, 0.1) is 5.92 Å². The zero-order valence-corrected chi connectivity index (χ0v) is 14.2. The number of ether oxygens (including phenoxy) is 2. The Kier molecular flexibility index (Phi) is 4.59. The van der Waals surface area contributed by atoms with Gasteiger partial charge < -0.3 is 14.8 Å². The van der Waals surface area contributed by atoms with Crippen molar-refractivity contribution in [3.63, 3.8) is 0 Å². The summed E-state index contributed by atoms with van der Waals surface area (Å²) in [5.74, 6) is 2.16. The second-order valence-corrected chi connectivity index (χ2v) is 6.85. The van der Waals surface area contributed by atoms with E-state index in [1.54, 1.807) is 10.9 Å².